The lowest BCUT2D eigenvalue weighted by atomic mass is 10.3. The molecule has 0 atom stereocenters. The summed E-state index contributed by atoms with van der Waals surface area (Å²) in [5.74, 6) is -1.51. The van der Waals surface area contributed by atoms with Gasteiger partial charge in [0, 0.05) is 5.02 Å². The first-order valence-corrected chi connectivity index (χ1v) is 7.31. The van der Waals surface area contributed by atoms with E-state index in [0.717, 1.165) is 4.31 Å². The fourth-order valence-corrected chi connectivity index (χ4v) is 2.79. The molecule has 0 saturated carbocycles. The van der Waals surface area contributed by atoms with Crippen molar-refractivity contribution in [3.05, 3.63) is 28.2 Å². The summed E-state index contributed by atoms with van der Waals surface area (Å²) in [5.41, 5.74) is 0.0633. The van der Waals surface area contributed by atoms with E-state index in [4.69, 9.17) is 28.3 Å². The molecule has 100 valence electrons. The second-order valence-electron chi connectivity index (χ2n) is 3.40. The number of halogens is 2. The van der Waals surface area contributed by atoms with Crippen molar-refractivity contribution >= 4 is 44.9 Å². The van der Waals surface area contributed by atoms with Gasteiger partial charge in [-0.1, -0.05) is 23.2 Å². The zero-order chi connectivity index (χ0) is 13.9. The van der Waals surface area contributed by atoms with E-state index in [1.807, 2.05) is 0 Å². The highest BCUT2D eigenvalue weighted by molar-refractivity contribution is 7.92. The molecule has 0 unspecified atom stereocenters. The number of carbonyl (C=O) groups is 1. The summed E-state index contributed by atoms with van der Waals surface area (Å²) < 4.78 is 24.5. The number of benzene rings is 1. The molecule has 0 bridgehead atoms. The number of rotatable bonds is 5. The monoisotopic (exact) mass is 311 g/mol. The zero-order valence-corrected chi connectivity index (χ0v) is 11.8. The molecule has 0 saturated heterocycles. The Hall–Kier alpha value is -0.980. The Bertz CT molecular complexity index is 559. The van der Waals surface area contributed by atoms with E-state index in [9.17, 15) is 13.2 Å². The van der Waals surface area contributed by atoms with Crippen LogP contribution in [-0.4, -0.2) is 31.8 Å². The average Bonchev–Trinajstić information content (AvgIpc) is 2.29. The van der Waals surface area contributed by atoms with Crippen molar-refractivity contribution in [2.45, 2.75) is 6.92 Å². The molecule has 18 heavy (non-hydrogen) atoms. The number of nitrogens with zero attached hydrogens (tertiary/aromatic N) is 1. The summed E-state index contributed by atoms with van der Waals surface area (Å²) >= 11 is 11.6. The number of hydrogen-bond acceptors (Lipinski definition) is 3. The zero-order valence-electron chi connectivity index (χ0n) is 9.43. The predicted octanol–water partition coefficient (Wildman–Crippen LogP) is 2.23. The van der Waals surface area contributed by atoms with Crippen LogP contribution in [0.15, 0.2) is 18.2 Å². The highest BCUT2D eigenvalue weighted by Crippen LogP contribution is 2.30. The molecular formula is C10H11Cl2NO4S. The van der Waals surface area contributed by atoms with Crippen LogP contribution in [0.5, 0.6) is 0 Å². The quantitative estimate of drug-likeness (QED) is 0.905. The van der Waals surface area contributed by atoms with Gasteiger partial charge >= 0.3 is 5.97 Å². The van der Waals surface area contributed by atoms with Crippen molar-refractivity contribution in [3.8, 4) is 0 Å². The van der Waals surface area contributed by atoms with E-state index >= 15 is 0 Å². The third kappa shape index (κ3) is 3.51. The van der Waals surface area contributed by atoms with Gasteiger partial charge in [0.1, 0.15) is 6.54 Å². The molecule has 0 radical (unpaired) electrons. The van der Waals surface area contributed by atoms with Gasteiger partial charge in [-0.05, 0) is 25.1 Å². The first-order chi connectivity index (χ1) is 8.27. The summed E-state index contributed by atoms with van der Waals surface area (Å²) in [6, 6.07) is 4.23. The van der Waals surface area contributed by atoms with Gasteiger partial charge in [0.25, 0.3) is 0 Å². The minimum Gasteiger partial charge on any atom is -0.480 e. The van der Waals surface area contributed by atoms with Crippen molar-refractivity contribution in [2.75, 3.05) is 16.6 Å². The Morgan fingerprint density at radius 1 is 1.39 bits per heavy atom. The van der Waals surface area contributed by atoms with Crippen molar-refractivity contribution in [2.24, 2.45) is 0 Å². The molecule has 1 rings (SSSR count). The Morgan fingerprint density at radius 2 is 2.00 bits per heavy atom. The lowest BCUT2D eigenvalue weighted by Crippen LogP contribution is -2.37. The second-order valence-corrected chi connectivity index (χ2v) is 6.42. The van der Waals surface area contributed by atoms with Crippen LogP contribution < -0.4 is 4.31 Å². The van der Waals surface area contributed by atoms with E-state index in [1.165, 1.54) is 25.1 Å². The number of anilines is 1. The topological polar surface area (TPSA) is 74.7 Å². The van der Waals surface area contributed by atoms with E-state index in [0.29, 0.717) is 0 Å². The summed E-state index contributed by atoms with van der Waals surface area (Å²) in [7, 11) is -3.74. The van der Waals surface area contributed by atoms with Gasteiger partial charge in [-0.15, -0.1) is 0 Å². The summed E-state index contributed by atoms with van der Waals surface area (Å²) in [6.07, 6.45) is 0. The van der Waals surface area contributed by atoms with Crippen LogP contribution in [-0.2, 0) is 14.8 Å². The maximum atomic E-state index is 11.9. The van der Waals surface area contributed by atoms with Gasteiger partial charge in [-0.3, -0.25) is 9.10 Å². The maximum Gasteiger partial charge on any atom is 0.324 e. The standard InChI is InChI=1S/C10H11Cl2NO4S/c1-2-18(16,17)13(6-10(14)15)9-5-7(11)3-4-8(9)12/h3-5H,2,6H2,1H3,(H,14,15). The predicted molar refractivity (Wildman–Crippen MR) is 70.9 cm³/mol. The van der Waals surface area contributed by atoms with Gasteiger partial charge in [0.05, 0.1) is 16.5 Å². The highest BCUT2D eigenvalue weighted by Gasteiger charge is 2.25. The third-order valence-corrected chi connectivity index (χ3v) is 4.44. The van der Waals surface area contributed by atoms with Crippen LogP contribution in [0.2, 0.25) is 10.0 Å². The first-order valence-electron chi connectivity index (χ1n) is 4.95. The molecule has 8 heteroatoms. The minimum atomic E-state index is -3.74. The molecule has 0 fully saturated rings. The van der Waals surface area contributed by atoms with E-state index in [-0.39, 0.29) is 21.5 Å². The summed E-state index contributed by atoms with van der Waals surface area (Å²) in [6.45, 7) is 0.721. The van der Waals surface area contributed by atoms with E-state index in [1.54, 1.807) is 0 Å². The van der Waals surface area contributed by atoms with Gasteiger partial charge in [-0.25, -0.2) is 8.42 Å². The molecule has 1 N–H and O–H groups in total. The number of hydrogen-bond donors (Lipinski definition) is 1. The molecular weight excluding hydrogens is 301 g/mol. The van der Waals surface area contributed by atoms with Gasteiger partial charge < -0.3 is 5.11 Å². The molecule has 0 aliphatic rings. The normalized spacial score (nSPS) is 11.3. The van der Waals surface area contributed by atoms with Crippen molar-refractivity contribution in [1.29, 1.82) is 0 Å². The average molecular weight is 312 g/mol. The molecule has 1 aromatic rings. The Kier molecular flexibility index (Phi) is 4.84. The molecule has 0 heterocycles. The largest absolute Gasteiger partial charge is 0.480 e. The first kappa shape index (κ1) is 15.1. The van der Waals surface area contributed by atoms with Crippen LogP contribution in [0, 0.1) is 0 Å². The fourth-order valence-electron chi connectivity index (χ4n) is 1.29. The summed E-state index contributed by atoms with van der Waals surface area (Å²) in [4.78, 5) is 10.8. The lowest BCUT2D eigenvalue weighted by molar-refractivity contribution is -0.135. The summed E-state index contributed by atoms with van der Waals surface area (Å²) in [5, 5.41) is 9.18. The number of carboxylic acids is 1. The number of aliphatic carboxylic acids is 1. The molecule has 0 aliphatic carbocycles. The van der Waals surface area contributed by atoms with Crippen molar-refractivity contribution in [1.82, 2.24) is 0 Å². The fraction of sp³-hybridized carbons (Fsp3) is 0.300. The van der Waals surface area contributed by atoms with Crippen LogP contribution in [0.1, 0.15) is 6.92 Å². The lowest BCUT2D eigenvalue weighted by Gasteiger charge is -2.23. The Balaban J connectivity index is 3.34. The van der Waals surface area contributed by atoms with Gasteiger partial charge in [0.15, 0.2) is 0 Å². The third-order valence-electron chi connectivity index (χ3n) is 2.16. The highest BCUT2D eigenvalue weighted by atomic mass is 35.5. The molecule has 0 aromatic heterocycles. The van der Waals surface area contributed by atoms with E-state index < -0.39 is 22.5 Å². The smallest absolute Gasteiger partial charge is 0.324 e. The van der Waals surface area contributed by atoms with Crippen LogP contribution >= 0.6 is 23.2 Å². The molecule has 0 spiro atoms. The van der Waals surface area contributed by atoms with Gasteiger partial charge in [0.2, 0.25) is 10.0 Å². The SMILES string of the molecule is CCS(=O)(=O)N(CC(=O)O)c1cc(Cl)ccc1Cl. The Labute approximate surface area is 115 Å². The van der Waals surface area contributed by atoms with Crippen LogP contribution in [0.4, 0.5) is 5.69 Å². The van der Waals surface area contributed by atoms with Crippen LogP contribution in [0.25, 0.3) is 0 Å². The molecule has 0 amide bonds. The number of carboxylic acid groups (broad SMARTS) is 1. The molecule has 0 aliphatic heterocycles. The minimum absolute atomic E-state index is 0.0633. The number of sulfonamides is 1. The van der Waals surface area contributed by atoms with E-state index in [2.05, 4.69) is 0 Å². The maximum absolute atomic E-state index is 11.9. The molecule has 5 nitrogen and oxygen atoms in total. The van der Waals surface area contributed by atoms with Gasteiger partial charge in [-0.2, -0.15) is 0 Å². The van der Waals surface area contributed by atoms with Crippen LogP contribution in [0.3, 0.4) is 0 Å². The van der Waals surface area contributed by atoms with Crippen molar-refractivity contribution in [3.63, 3.8) is 0 Å². The second kappa shape index (κ2) is 5.77. The van der Waals surface area contributed by atoms with Crippen molar-refractivity contribution < 1.29 is 18.3 Å². The Morgan fingerprint density at radius 3 is 2.50 bits per heavy atom. The molecule has 1 aromatic carbocycles.